The average molecular weight is 464 g/mol. The molecule has 0 amide bonds. The van der Waals surface area contributed by atoms with Gasteiger partial charge in [-0.1, -0.05) is 53.7 Å². The van der Waals surface area contributed by atoms with Crippen LogP contribution >= 0.6 is 23.4 Å². The monoisotopic (exact) mass is 463 g/mol. The van der Waals surface area contributed by atoms with Gasteiger partial charge in [0.15, 0.2) is 0 Å². The van der Waals surface area contributed by atoms with Crippen LogP contribution in [0.1, 0.15) is 18.1 Å². The van der Waals surface area contributed by atoms with Crippen LogP contribution in [0.4, 0.5) is 5.69 Å². The van der Waals surface area contributed by atoms with Crippen LogP contribution < -0.4 is 14.5 Å². The second-order valence-electron chi connectivity index (χ2n) is 6.92. The maximum atomic E-state index is 6.01. The zero-order valence-corrected chi connectivity index (χ0v) is 19.5. The molecular weight excluding hydrogens is 442 g/mol. The third-order valence-electron chi connectivity index (χ3n) is 4.90. The molecule has 1 heterocycles. The molecule has 1 aliphatic heterocycles. The van der Waals surface area contributed by atoms with Gasteiger partial charge >= 0.3 is 0 Å². The van der Waals surface area contributed by atoms with E-state index in [2.05, 4.69) is 0 Å². The summed E-state index contributed by atoms with van der Waals surface area (Å²) in [5, 5.41) is 10.1. The number of hydrogen-bond donors (Lipinski definition) is 0. The van der Waals surface area contributed by atoms with Gasteiger partial charge in [-0.05, 0) is 48.9 Å². The Labute approximate surface area is 197 Å². The van der Waals surface area contributed by atoms with E-state index in [9.17, 15) is 0 Å². The molecule has 0 bridgehead atoms. The van der Waals surface area contributed by atoms with Crippen molar-refractivity contribution in [2.45, 2.75) is 6.92 Å². The van der Waals surface area contributed by atoms with Crippen LogP contribution in [0.15, 0.2) is 88.3 Å². The summed E-state index contributed by atoms with van der Waals surface area (Å²) in [5.74, 6) is 1.44. The van der Waals surface area contributed by atoms with Crippen molar-refractivity contribution in [3.63, 3.8) is 0 Å². The van der Waals surface area contributed by atoms with Crippen molar-refractivity contribution in [1.29, 1.82) is 0 Å². The fraction of sp³-hybridized carbons (Fsp3) is 0.120. The minimum Gasteiger partial charge on any atom is -0.497 e. The van der Waals surface area contributed by atoms with E-state index in [1.54, 1.807) is 14.2 Å². The molecule has 1 aliphatic rings. The van der Waals surface area contributed by atoms with Gasteiger partial charge in [0.1, 0.15) is 11.5 Å². The molecular formula is C25H22ClN3O2S. The summed E-state index contributed by atoms with van der Waals surface area (Å²) in [6.07, 6.45) is 0. The number of rotatable bonds is 5. The topological polar surface area (TPSA) is 46.4 Å². The lowest BCUT2D eigenvalue weighted by atomic mass is 10.1. The van der Waals surface area contributed by atoms with Gasteiger partial charge in [-0.25, -0.2) is 10.0 Å². The number of para-hydroxylation sites is 1. The summed E-state index contributed by atoms with van der Waals surface area (Å²) in [6.45, 7) is 1.96. The quantitative estimate of drug-likeness (QED) is 0.395. The van der Waals surface area contributed by atoms with Crippen molar-refractivity contribution in [3.05, 3.63) is 94.4 Å². The normalized spacial score (nSPS) is 14.0. The highest BCUT2D eigenvalue weighted by atomic mass is 35.5. The largest absolute Gasteiger partial charge is 0.497 e. The van der Waals surface area contributed by atoms with E-state index in [1.165, 1.54) is 11.8 Å². The second-order valence-corrected chi connectivity index (χ2v) is 8.19. The Morgan fingerprint density at radius 3 is 2.41 bits per heavy atom. The van der Waals surface area contributed by atoms with Crippen LogP contribution in [0.3, 0.4) is 0 Å². The number of anilines is 1. The van der Waals surface area contributed by atoms with Gasteiger partial charge < -0.3 is 9.47 Å². The van der Waals surface area contributed by atoms with Gasteiger partial charge in [-0.2, -0.15) is 0 Å². The van der Waals surface area contributed by atoms with Gasteiger partial charge in [-0.15, -0.1) is 5.10 Å². The highest BCUT2D eigenvalue weighted by molar-refractivity contribution is 8.16. The minimum atomic E-state index is 0.637. The van der Waals surface area contributed by atoms with Gasteiger partial charge in [0.25, 0.3) is 0 Å². The van der Waals surface area contributed by atoms with Crippen LogP contribution in [0.5, 0.6) is 11.5 Å². The van der Waals surface area contributed by atoms with Gasteiger partial charge in [0, 0.05) is 27.8 Å². The van der Waals surface area contributed by atoms with Crippen molar-refractivity contribution < 1.29 is 9.47 Å². The van der Waals surface area contributed by atoms with Crippen LogP contribution in [-0.2, 0) is 0 Å². The SMILES string of the molecule is COc1ccc(C2=CSC(/N=C(\C)c3ccc(Cl)cc3)=NN2c2ccccc2)c(OC)c1. The van der Waals surface area contributed by atoms with Crippen LogP contribution in [0.25, 0.3) is 5.70 Å². The molecule has 3 aromatic carbocycles. The number of halogens is 1. The lowest BCUT2D eigenvalue weighted by molar-refractivity contribution is 0.393. The molecule has 0 atom stereocenters. The fourth-order valence-corrected chi connectivity index (χ4v) is 4.11. The predicted molar refractivity (Wildman–Crippen MR) is 135 cm³/mol. The van der Waals surface area contributed by atoms with Crippen molar-refractivity contribution in [2.75, 3.05) is 19.2 Å². The number of amidine groups is 1. The molecule has 4 rings (SSSR count). The number of methoxy groups -OCH3 is 2. The Balaban J connectivity index is 1.74. The van der Waals surface area contributed by atoms with E-state index in [0.29, 0.717) is 15.9 Å². The Hall–Kier alpha value is -3.22. The molecule has 0 radical (unpaired) electrons. The Kier molecular flexibility index (Phi) is 6.83. The Bertz CT molecular complexity index is 1190. The first kappa shape index (κ1) is 22.0. The summed E-state index contributed by atoms with van der Waals surface area (Å²) in [6, 6.07) is 23.3. The van der Waals surface area contributed by atoms with E-state index >= 15 is 0 Å². The summed E-state index contributed by atoms with van der Waals surface area (Å²) in [4.78, 5) is 4.76. The summed E-state index contributed by atoms with van der Waals surface area (Å²) >= 11 is 7.48. The number of aliphatic imine (C=N–C) groups is 1. The zero-order chi connectivity index (χ0) is 22.5. The first-order valence-corrected chi connectivity index (χ1v) is 11.2. The number of ether oxygens (including phenoxy) is 2. The maximum Gasteiger partial charge on any atom is 0.211 e. The van der Waals surface area contributed by atoms with Crippen molar-refractivity contribution in [1.82, 2.24) is 0 Å². The predicted octanol–water partition coefficient (Wildman–Crippen LogP) is 6.69. The Morgan fingerprint density at radius 1 is 0.969 bits per heavy atom. The van der Waals surface area contributed by atoms with Gasteiger partial charge in [0.05, 0.1) is 25.6 Å². The summed E-state index contributed by atoms with van der Waals surface area (Å²) in [5.41, 5.74) is 4.58. The molecule has 3 aromatic rings. The number of nitrogens with zero attached hydrogens (tertiary/aromatic N) is 3. The lowest BCUT2D eigenvalue weighted by Gasteiger charge is -2.27. The van der Waals surface area contributed by atoms with E-state index in [1.807, 2.05) is 90.1 Å². The third kappa shape index (κ3) is 4.82. The first-order valence-electron chi connectivity index (χ1n) is 9.93. The molecule has 0 fully saturated rings. The minimum absolute atomic E-state index is 0.637. The summed E-state index contributed by atoms with van der Waals surface area (Å²) < 4.78 is 11.0. The van der Waals surface area contributed by atoms with Gasteiger partial charge in [0.2, 0.25) is 5.17 Å². The third-order valence-corrected chi connectivity index (χ3v) is 5.88. The number of hydrogen-bond acceptors (Lipinski definition) is 6. The molecule has 0 spiro atoms. The number of hydrazone groups is 1. The molecule has 0 saturated carbocycles. The standard InChI is InChI=1S/C25H22ClN3O2S/c1-17(18-9-11-19(26)12-10-18)27-25-28-29(20-7-5-4-6-8-20)23(16-32-25)22-14-13-21(30-2)15-24(22)31-3/h4-16H,1-3H3/b27-17+. The highest BCUT2D eigenvalue weighted by Crippen LogP contribution is 2.38. The molecule has 0 unspecified atom stereocenters. The van der Waals surface area contributed by atoms with Crippen LogP contribution in [0, 0.1) is 0 Å². The smallest absolute Gasteiger partial charge is 0.211 e. The zero-order valence-electron chi connectivity index (χ0n) is 17.9. The Morgan fingerprint density at radius 2 is 1.72 bits per heavy atom. The molecule has 162 valence electrons. The molecule has 0 aromatic heterocycles. The lowest BCUT2D eigenvalue weighted by Crippen LogP contribution is -2.20. The number of thioether (sulfide) groups is 1. The fourth-order valence-electron chi connectivity index (χ4n) is 3.22. The van der Waals surface area contributed by atoms with E-state index in [0.717, 1.165) is 34.0 Å². The van der Waals surface area contributed by atoms with Gasteiger partial charge in [-0.3, -0.25) is 0 Å². The average Bonchev–Trinajstić information content (AvgIpc) is 2.84. The highest BCUT2D eigenvalue weighted by Gasteiger charge is 2.22. The van der Waals surface area contributed by atoms with E-state index in [4.69, 9.17) is 31.2 Å². The van der Waals surface area contributed by atoms with Crippen molar-refractivity contribution >= 4 is 45.6 Å². The summed E-state index contributed by atoms with van der Waals surface area (Å²) in [7, 11) is 3.29. The molecule has 0 saturated heterocycles. The van der Waals surface area contributed by atoms with Crippen LogP contribution in [-0.4, -0.2) is 25.1 Å². The van der Waals surface area contributed by atoms with E-state index < -0.39 is 0 Å². The second kappa shape index (κ2) is 9.94. The molecule has 32 heavy (non-hydrogen) atoms. The maximum absolute atomic E-state index is 6.01. The van der Waals surface area contributed by atoms with Crippen LogP contribution in [0.2, 0.25) is 5.02 Å². The van der Waals surface area contributed by atoms with E-state index in [-0.39, 0.29) is 0 Å². The first-order chi connectivity index (χ1) is 15.6. The molecule has 0 N–H and O–H groups in total. The van der Waals surface area contributed by atoms with Crippen molar-refractivity contribution in [2.24, 2.45) is 10.1 Å². The molecule has 7 heteroatoms. The molecule has 0 aliphatic carbocycles. The van der Waals surface area contributed by atoms with Crippen molar-refractivity contribution in [3.8, 4) is 11.5 Å². The number of benzene rings is 3. The molecule has 5 nitrogen and oxygen atoms in total.